The number of carbonyl (C=O) groups is 3. The SMILES string of the molecule is COC(=O)c1ccc(CNC(=O)[C@@H](C)N2CCN(C(=O)c3ccco3)CC2)cc1. The molecule has 1 N–H and O–H groups in total. The van der Waals surface area contributed by atoms with E-state index in [1.807, 2.05) is 6.92 Å². The van der Waals surface area contributed by atoms with Crippen LogP contribution in [0.15, 0.2) is 47.1 Å². The third-order valence-electron chi connectivity index (χ3n) is 5.10. The van der Waals surface area contributed by atoms with Crippen molar-refractivity contribution >= 4 is 17.8 Å². The van der Waals surface area contributed by atoms with E-state index in [9.17, 15) is 14.4 Å². The first-order valence-electron chi connectivity index (χ1n) is 9.51. The van der Waals surface area contributed by atoms with Crippen LogP contribution in [0, 0.1) is 0 Å². The maximum absolute atomic E-state index is 12.5. The second-order valence-corrected chi connectivity index (χ2v) is 6.89. The summed E-state index contributed by atoms with van der Waals surface area (Å²) in [5, 5.41) is 2.92. The van der Waals surface area contributed by atoms with Crippen LogP contribution in [0.1, 0.15) is 33.4 Å². The van der Waals surface area contributed by atoms with Crippen LogP contribution in [0.2, 0.25) is 0 Å². The Hall–Kier alpha value is -3.13. The highest BCUT2D eigenvalue weighted by molar-refractivity contribution is 5.91. The maximum Gasteiger partial charge on any atom is 0.337 e. The van der Waals surface area contributed by atoms with Crippen LogP contribution < -0.4 is 5.32 Å². The molecule has 1 saturated heterocycles. The Labute approximate surface area is 169 Å². The molecule has 0 aliphatic carbocycles. The first-order valence-corrected chi connectivity index (χ1v) is 9.51. The summed E-state index contributed by atoms with van der Waals surface area (Å²) in [6.45, 7) is 4.57. The van der Waals surface area contributed by atoms with Gasteiger partial charge in [0.05, 0.1) is 25.0 Å². The van der Waals surface area contributed by atoms with E-state index in [-0.39, 0.29) is 23.8 Å². The van der Waals surface area contributed by atoms with Gasteiger partial charge in [0.15, 0.2) is 5.76 Å². The summed E-state index contributed by atoms with van der Waals surface area (Å²) in [6, 6.07) is 9.97. The number of ether oxygens (including phenoxy) is 1. The van der Waals surface area contributed by atoms with E-state index < -0.39 is 0 Å². The molecule has 8 heteroatoms. The molecule has 3 rings (SSSR count). The zero-order valence-corrected chi connectivity index (χ0v) is 16.6. The summed E-state index contributed by atoms with van der Waals surface area (Å²) in [5.74, 6) is -0.253. The van der Waals surface area contributed by atoms with Crippen LogP contribution in [0.5, 0.6) is 0 Å². The number of hydrogen-bond acceptors (Lipinski definition) is 6. The first-order chi connectivity index (χ1) is 14.0. The average molecular weight is 399 g/mol. The van der Waals surface area contributed by atoms with Gasteiger partial charge in [0.25, 0.3) is 5.91 Å². The molecule has 1 aliphatic rings. The number of nitrogens with one attached hydrogen (secondary N) is 1. The van der Waals surface area contributed by atoms with Gasteiger partial charge in [-0.25, -0.2) is 4.79 Å². The Morgan fingerprint density at radius 2 is 1.79 bits per heavy atom. The summed E-state index contributed by atoms with van der Waals surface area (Å²) in [7, 11) is 1.34. The molecule has 0 unspecified atom stereocenters. The molecule has 1 aromatic carbocycles. The summed E-state index contributed by atoms with van der Waals surface area (Å²) in [4.78, 5) is 40.1. The van der Waals surface area contributed by atoms with Crippen molar-refractivity contribution in [2.24, 2.45) is 0 Å². The lowest BCUT2D eigenvalue weighted by Gasteiger charge is -2.37. The number of hydrogen-bond donors (Lipinski definition) is 1. The first kappa shape index (κ1) is 20.6. The van der Waals surface area contributed by atoms with Crippen LogP contribution >= 0.6 is 0 Å². The second kappa shape index (κ2) is 9.38. The fourth-order valence-corrected chi connectivity index (χ4v) is 3.25. The van der Waals surface area contributed by atoms with Gasteiger partial charge in [0.1, 0.15) is 0 Å². The van der Waals surface area contributed by atoms with Gasteiger partial charge in [-0.15, -0.1) is 0 Å². The van der Waals surface area contributed by atoms with Gasteiger partial charge in [-0.3, -0.25) is 14.5 Å². The molecule has 0 bridgehead atoms. The molecule has 29 heavy (non-hydrogen) atoms. The quantitative estimate of drug-likeness (QED) is 0.741. The molecule has 1 aliphatic heterocycles. The number of nitrogens with zero attached hydrogens (tertiary/aromatic N) is 2. The van der Waals surface area contributed by atoms with Crippen molar-refractivity contribution < 1.29 is 23.5 Å². The normalized spacial score (nSPS) is 15.6. The van der Waals surface area contributed by atoms with Crippen LogP contribution in [-0.4, -0.2) is 66.9 Å². The molecule has 0 saturated carbocycles. The van der Waals surface area contributed by atoms with Crippen LogP contribution in [0.3, 0.4) is 0 Å². The smallest absolute Gasteiger partial charge is 0.337 e. The van der Waals surface area contributed by atoms with Gasteiger partial charge < -0.3 is 19.4 Å². The van der Waals surface area contributed by atoms with Crippen molar-refractivity contribution in [2.75, 3.05) is 33.3 Å². The zero-order chi connectivity index (χ0) is 20.8. The van der Waals surface area contributed by atoms with Gasteiger partial charge in [0, 0.05) is 32.7 Å². The molecule has 1 aromatic heterocycles. The number of methoxy groups -OCH3 is 1. The van der Waals surface area contributed by atoms with Crippen LogP contribution in [-0.2, 0) is 16.1 Å². The van der Waals surface area contributed by atoms with Crippen molar-refractivity contribution in [3.8, 4) is 0 Å². The third-order valence-corrected chi connectivity index (χ3v) is 5.10. The van der Waals surface area contributed by atoms with E-state index in [4.69, 9.17) is 4.42 Å². The fraction of sp³-hybridized carbons (Fsp3) is 0.381. The third kappa shape index (κ3) is 5.03. The van der Waals surface area contributed by atoms with E-state index in [0.717, 1.165) is 5.56 Å². The molecule has 8 nitrogen and oxygen atoms in total. The van der Waals surface area contributed by atoms with Crippen LogP contribution in [0.4, 0.5) is 0 Å². The lowest BCUT2D eigenvalue weighted by atomic mass is 10.1. The largest absolute Gasteiger partial charge is 0.465 e. The van der Waals surface area contributed by atoms with Gasteiger partial charge in [0.2, 0.25) is 5.91 Å². The second-order valence-electron chi connectivity index (χ2n) is 6.89. The predicted octanol–water partition coefficient (Wildman–Crippen LogP) is 1.53. The number of esters is 1. The highest BCUT2D eigenvalue weighted by atomic mass is 16.5. The number of piperazine rings is 1. The van der Waals surface area contributed by atoms with E-state index in [0.29, 0.717) is 44.0 Å². The molecule has 2 amide bonds. The molecule has 2 aromatic rings. The van der Waals surface area contributed by atoms with Gasteiger partial charge in [-0.1, -0.05) is 12.1 Å². The average Bonchev–Trinajstić information content (AvgIpc) is 3.31. The van der Waals surface area contributed by atoms with E-state index >= 15 is 0 Å². The minimum absolute atomic E-state index is 0.0761. The Morgan fingerprint density at radius 1 is 1.10 bits per heavy atom. The minimum Gasteiger partial charge on any atom is -0.465 e. The summed E-state index contributed by atoms with van der Waals surface area (Å²) in [6.07, 6.45) is 1.49. The fourth-order valence-electron chi connectivity index (χ4n) is 3.25. The topological polar surface area (TPSA) is 92.1 Å². The lowest BCUT2D eigenvalue weighted by Crippen LogP contribution is -2.54. The minimum atomic E-state index is -0.390. The van der Waals surface area contributed by atoms with E-state index in [2.05, 4.69) is 15.0 Å². The van der Waals surface area contributed by atoms with Crippen molar-refractivity contribution in [3.05, 3.63) is 59.5 Å². The summed E-state index contributed by atoms with van der Waals surface area (Å²) >= 11 is 0. The highest BCUT2D eigenvalue weighted by Gasteiger charge is 2.28. The molecule has 2 heterocycles. The molecular weight excluding hydrogens is 374 g/mol. The summed E-state index contributed by atoms with van der Waals surface area (Å²) in [5.41, 5.74) is 1.37. The Bertz CT molecular complexity index is 840. The standard InChI is InChI=1S/C21H25N3O5/c1-15(19(25)22-14-16-5-7-17(8-6-16)21(27)28-2)23-9-11-24(12-10-23)20(26)18-4-3-13-29-18/h3-8,13,15H,9-12,14H2,1-2H3,(H,22,25)/t15-/m1/s1. The molecule has 154 valence electrons. The van der Waals surface area contributed by atoms with Crippen molar-refractivity contribution in [2.45, 2.75) is 19.5 Å². The maximum atomic E-state index is 12.5. The molecule has 0 spiro atoms. The Morgan fingerprint density at radius 3 is 2.38 bits per heavy atom. The van der Waals surface area contributed by atoms with Gasteiger partial charge in [-0.05, 0) is 36.8 Å². The Balaban J connectivity index is 1.46. The van der Waals surface area contributed by atoms with Crippen molar-refractivity contribution in [1.82, 2.24) is 15.1 Å². The van der Waals surface area contributed by atoms with Gasteiger partial charge in [-0.2, -0.15) is 0 Å². The number of benzene rings is 1. The number of rotatable bonds is 6. The molecule has 1 fully saturated rings. The number of amides is 2. The lowest BCUT2D eigenvalue weighted by molar-refractivity contribution is -0.126. The summed E-state index contributed by atoms with van der Waals surface area (Å²) < 4.78 is 9.84. The molecular formula is C21H25N3O5. The predicted molar refractivity (Wildman–Crippen MR) is 105 cm³/mol. The number of furan rings is 1. The molecule has 0 radical (unpaired) electrons. The Kier molecular flexibility index (Phi) is 6.66. The molecule has 1 atom stereocenters. The monoisotopic (exact) mass is 399 g/mol. The van der Waals surface area contributed by atoms with E-state index in [1.54, 1.807) is 41.3 Å². The van der Waals surface area contributed by atoms with Crippen molar-refractivity contribution in [1.29, 1.82) is 0 Å². The van der Waals surface area contributed by atoms with Gasteiger partial charge >= 0.3 is 5.97 Å². The number of carbonyl (C=O) groups excluding carboxylic acids is 3. The zero-order valence-electron chi connectivity index (χ0n) is 16.6. The van der Waals surface area contributed by atoms with Crippen molar-refractivity contribution in [3.63, 3.8) is 0 Å². The van der Waals surface area contributed by atoms with Crippen LogP contribution in [0.25, 0.3) is 0 Å². The highest BCUT2D eigenvalue weighted by Crippen LogP contribution is 2.12. The van der Waals surface area contributed by atoms with E-state index in [1.165, 1.54) is 13.4 Å².